The fraction of sp³-hybridized carbons (Fsp3) is 0.652. The van der Waals surface area contributed by atoms with E-state index in [1.807, 2.05) is 34.1 Å². The Morgan fingerprint density at radius 2 is 1.93 bits per heavy atom. The van der Waals surface area contributed by atoms with E-state index in [0.29, 0.717) is 24.8 Å². The summed E-state index contributed by atoms with van der Waals surface area (Å²) in [6.45, 7) is 4.37. The number of rotatable bonds is 6. The highest BCUT2D eigenvalue weighted by molar-refractivity contribution is 5.90. The van der Waals surface area contributed by atoms with Crippen LogP contribution in [0.25, 0.3) is 0 Å². The molecule has 2 N–H and O–H groups in total. The monoisotopic (exact) mass is 435 g/mol. The molecule has 2 heterocycles. The normalized spacial score (nSPS) is 30.4. The van der Waals surface area contributed by atoms with Crippen molar-refractivity contribution in [2.75, 3.05) is 26.7 Å². The van der Waals surface area contributed by atoms with Gasteiger partial charge in [-0.1, -0.05) is 25.5 Å². The largest absolute Gasteiger partial charge is 0.497 e. The summed E-state index contributed by atoms with van der Waals surface area (Å²) in [7, 11) is 1.64. The van der Waals surface area contributed by atoms with Gasteiger partial charge in [-0.3, -0.25) is 9.59 Å². The lowest BCUT2D eigenvalue weighted by molar-refractivity contribution is -0.135. The molecule has 0 aromatic heterocycles. The number of nitrogens with zero attached hydrogens (tertiary/aromatic N) is 2. The predicted molar refractivity (Wildman–Crippen MR) is 118 cm³/mol. The van der Waals surface area contributed by atoms with Crippen molar-refractivity contribution in [3.63, 3.8) is 0 Å². The summed E-state index contributed by atoms with van der Waals surface area (Å²) in [5.41, 5.74) is 7.28. The number of unbranched alkanes of at least 4 members (excludes halogenated alkanes) is 1. The van der Waals surface area contributed by atoms with Crippen molar-refractivity contribution in [2.24, 2.45) is 23.5 Å². The van der Waals surface area contributed by atoms with Crippen LogP contribution in [0.5, 0.6) is 5.75 Å². The Balaban J connectivity index is 0.00000256. The van der Waals surface area contributed by atoms with Crippen molar-refractivity contribution >= 4 is 24.2 Å². The molecule has 4 rings (SSSR count). The van der Waals surface area contributed by atoms with E-state index in [4.69, 9.17) is 10.5 Å². The minimum atomic E-state index is -0.317. The highest BCUT2D eigenvalue weighted by Gasteiger charge is 2.49. The second-order valence-electron chi connectivity index (χ2n) is 8.88. The number of halogens is 1. The zero-order valence-corrected chi connectivity index (χ0v) is 18.8. The predicted octanol–water partition coefficient (Wildman–Crippen LogP) is 3.00. The van der Waals surface area contributed by atoms with E-state index < -0.39 is 0 Å². The van der Waals surface area contributed by atoms with Crippen molar-refractivity contribution in [1.29, 1.82) is 0 Å². The lowest BCUT2D eigenvalue weighted by atomic mass is 9.92. The standard InChI is InChI=1S/C23H33N3O3.ClH/c1-3-4-11-26-21(27)12-18(22(26)15-5-8-17(29-2)9-6-15)23(28)25-13-16-7-10-20(24)19(16)14-25;/h5-6,8-9,16,18-20,22H,3-4,7,10-14,24H2,1-2H3;1H. The molecule has 1 aliphatic carbocycles. The first-order chi connectivity index (χ1) is 14.0. The SMILES string of the molecule is CCCCN1C(=O)CC(C(=O)N2CC3CCC(N)C3C2)C1c1ccc(OC)cc1.Cl. The lowest BCUT2D eigenvalue weighted by Gasteiger charge is -2.30. The van der Waals surface area contributed by atoms with Crippen molar-refractivity contribution in [2.45, 2.75) is 51.1 Å². The molecule has 5 unspecified atom stereocenters. The van der Waals surface area contributed by atoms with Crippen LogP contribution in [0.2, 0.25) is 0 Å². The second kappa shape index (κ2) is 9.56. The van der Waals surface area contributed by atoms with Gasteiger partial charge in [0.1, 0.15) is 5.75 Å². The Labute approximate surface area is 185 Å². The molecule has 30 heavy (non-hydrogen) atoms. The quantitative estimate of drug-likeness (QED) is 0.745. The molecular weight excluding hydrogens is 402 g/mol. The van der Waals surface area contributed by atoms with E-state index in [2.05, 4.69) is 6.92 Å². The summed E-state index contributed by atoms with van der Waals surface area (Å²) in [4.78, 5) is 30.3. The van der Waals surface area contributed by atoms with Gasteiger partial charge in [0.05, 0.1) is 19.1 Å². The Kier molecular flexibility index (Phi) is 7.30. The topological polar surface area (TPSA) is 75.9 Å². The number of hydrogen-bond acceptors (Lipinski definition) is 4. The molecule has 0 radical (unpaired) electrons. The maximum atomic E-state index is 13.5. The average Bonchev–Trinajstić information content (AvgIpc) is 3.40. The van der Waals surface area contributed by atoms with E-state index in [-0.39, 0.29) is 42.2 Å². The fourth-order valence-corrected chi connectivity index (χ4v) is 5.54. The molecule has 2 saturated heterocycles. The third kappa shape index (κ3) is 4.17. The molecule has 1 aromatic rings. The van der Waals surface area contributed by atoms with E-state index in [1.54, 1.807) is 7.11 Å². The van der Waals surface area contributed by atoms with Crippen LogP contribution < -0.4 is 10.5 Å². The number of fused-ring (bicyclic) bond motifs is 1. The third-order valence-corrected chi connectivity index (χ3v) is 7.18. The fourth-order valence-electron chi connectivity index (χ4n) is 5.54. The van der Waals surface area contributed by atoms with Gasteiger partial charge in [-0.2, -0.15) is 0 Å². The Morgan fingerprint density at radius 1 is 1.20 bits per heavy atom. The van der Waals surface area contributed by atoms with Gasteiger partial charge in [0.25, 0.3) is 0 Å². The van der Waals surface area contributed by atoms with Crippen LogP contribution >= 0.6 is 12.4 Å². The highest BCUT2D eigenvalue weighted by Crippen LogP contribution is 2.43. The number of amides is 2. The zero-order chi connectivity index (χ0) is 20.5. The Morgan fingerprint density at radius 3 is 2.57 bits per heavy atom. The van der Waals surface area contributed by atoms with Gasteiger partial charge in [-0.25, -0.2) is 0 Å². The van der Waals surface area contributed by atoms with Gasteiger partial charge in [0.2, 0.25) is 11.8 Å². The molecule has 0 bridgehead atoms. The first-order valence-electron chi connectivity index (χ1n) is 11.0. The van der Waals surface area contributed by atoms with Gasteiger partial charge >= 0.3 is 0 Å². The van der Waals surface area contributed by atoms with Crippen LogP contribution in [0.3, 0.4) is 0 Å². The molecule has 166 valence electrons. The molecule has 5 atom stereocenters. The second-order valence-corrected chi connectivity index (χ2v) is 8.88. The number of benzene rings is 1. The third-order valence-electron chi connectivity index (χ3n) is 7.18. The summed E-state index contributed by atoms with van der Waals surface area (Å²) in [5, 5.41) is 0. The number of hydrogen-bond donors (Lipinski definition) is 1. The van der Waals surface area contributed by atoms with E-state index in [0.717, 1.165) is 50.1 Å². The van der Waals surface area contributed by atoms with Crippen molar-refractivity contribution in [1.82, 2.24) is 9.80 Å². The Hall–Kier alpha value is -1.79. The molecule has 1 aromatic carbocycles. The van der Waals surface area contributed by atoms with Crippen LogP contribution in [0.4, 0.5) is 0 Å². The minimum absolute atomic E-state index is 0. The maximum Gasteiger partial charge on any atom is 0.228 e. The molecule has 3 aliphatic rings. The van der Waals surface area contributed by atoms with E-state index >= 15 is 0 Å². The molecule has 7 heteroatoms. The maximum absolute atomic E-state index is 13.5. The first kappa shape index (κ1) is 22.9. The van der Waals surface area contributed by atoms with Crippen LogP contribution in [-0.2, 0) is 9.59 Å². The first-order valence-corrected chi connectivity index (χ1v) is 11.0. The van der Waals surface area contributed by atoms with Gasteiger partial charge in [0, 0.05) is 32.1 Å². The summed E-state index contributed by atoms with van der Waals surface area (Å²) in [5.74, 6) is 1.63. The van der Waals surface area contributed by atoms with Gasteiger partial charge in [-0.05, 0) is 48.8 Å². The highest BCUT2D eigenvalue weighted by atomic mass is 35.5. The van der Waals surface area contributed by atoms with Crippen LogP contribution in [0.15, 0.2) is 24.3 Å². The van der Waals surface area contributed by atoms with Crippen LogP contribution in [-0.4, -0.2) is 54.4 Å². The zero-order valence-electron chi connectivity index (χ0n) is 18.0. The number of ether oxygens (including phenoxy) is 1. The molecule has 1 saturated carbocycles. The number of carbonyl (C=O) groups is 2. The Bertz CT molecular complexity index is 757. The van der Waals surface area contributed by atoms with E-state index in [9.17, 15) is 9.59 Å². The van der Waals surface area contributed by atoms with Crippen LogP contribution in [0, 0.1) is 17.8 Å². The van der Waals surface area contributed by atoms with Crippen molar-refractivity contribution in [3.05, 3.63) is 29.8 Å². The minimum Gasteiger partial charge on any atom is -0.497 e. The summed E-state index contributed by atoms with van der Waals surface area (Å²) in [6, 6.07) is 7.84. The number of nitrogens with two attached hydrogens (primary N) is 1. The number of methoxy groups -OCH3 is 1. The van der Waals surface area contributed by atoms with Gasteiger partial charge in [0.15, 0.2) is 0 Å². The molecule has 2 amide bonds. The van der Waals surface area contributed by atoms with Crippen molar-refractivity contribution in [3.8, 4) is 5.75 Å². The van der Waals surface area contributed by atoms with Gasteiger partial charge < -0.3 is 20.3 Å². The summed E-state index contributed by atoms with van der Waals surface area (Å²) in [6.07, 6.45) is 4.45. The molecule has 6 nitrogen and oxygen atoms in total. The molecule has 0 spiro atoms. The van der Waals surface area contributed by atoms with Crippen LogP contribution in [0.1, 0.15) is 50.6 Å². The number of likely N-dealkylation sites (tertiary alicyclic amines) is 2. The number of carbonyl (C=O) groups excluding carboxylic acids is 2. The van der Waals surface area contributed by atoms with Gasteiger partial charge in [-0.15, -0.1) is 12.4 Å². The summed E-state index contributed by atoms with van der Waals surface area (Å²) >= 11 is 0. The lowest BCUT2D eigenvalue weighted by Crippen LogP contribution is -2.39. The smallest absolute Gasteiger partial charge is 0.228 e. The molecule has 2 aliphatic heterocycles. The van der Waals surface area contributed by atoms with Crippen molar-refractivity contribution < 1.29 is 14.3 Å². The molecular formula is C23H34ClN3O3. The molecule has 3 fully saturated rings. The average molecular weight is 436 g/mol. The van der Waals surface area contributed by atoms with E-state index in [1.165, 1.54) is 0 Å². The summed E-state index contributed by atoms with van der Waals surface area (Å²) < 4.78 is 5.29.